The number of hydrogen-bond donors (Lipinski definition) is 3. The number of pyridine rings is 1. The fourth-order valence-corrected chi connectivity index (χ4v) is 3.33. The van der Waals surface area contributed by atoms with E-state index in [-0.39, 0.29) is 0 Å². The first kappa shape index (κ1) is 20.0. The summed E-state index contributed by atoms with van der Waals surface area (Å²) < 4.78 is 0. The molecule has 4 aromatic rings. The number of carbonyl (C=O) groups excluding carboxylic acids is 2. The first-order valence-electron chi connectivity index (χ1n) is 9.82. The molecule has 0 unspecified atom stereocenters. The fourth-order valence-electron chi connectivity index (χ4n) is 3.33. The molecule has 0 spiro atoms. The molecule has 4 N–H and O–H groups in total. The number of benzene rings is 2. The zero-order valence-electron chi connectivity index (χ0n) is 16.7. The van der Waals surface area contributed by atoms with Gasteiger partial charge >= 0.3 is 0 Å². The summed E-state index contributed by atoms with van der Waals surface area (Å²) in [7, 11) is 0. The first-order chi connectivity index (χ1) is 15.1. The maximum Gasteiger partial charge on any atom is 0.252 e. The first-order valence-corrected chi connectivity index (χ1v) is 9.82. The second-order valence-corrected chi connectivity index (χ2v) is 7.05. The molecule has 0 radical (unpaired) electrons. The molecule has 0 saturated heterocycles. The van der Waals surface area contributed by atoms with E-state index in [1.807, 2.05) is 66.7 Å². The Balaban J connectivity index is 1.58. The molecule has 1 atom stereocenters. The lowest BCUT2D eigenvalue weighted by Gasteiger charge is -2.16. The van der Waals surface area contributed by atoms with Crippen LogP contribution in [0.1, 0.15) is 15.9 Å². The van der Waals surface area contributed by atoms with Crippen molar-refractivity contribution < 1.29 is 9.59 Å². The van der Waals surface area contributed by atoms with Crippen LogP contribution >= 0.6 is 0 Å². The maximum absolute atomic E-state index is 13.1. The van der Waals surface area contributed by atoms with Gasteiger partial charge in [0, 0.05) is 23.7 Å². The number of aromatic nitrogens is 3. The van der Waals surface area contributed by atoms with Crippen molar-refractivity contribution in [3.05, 3.63) is 96.2 Å². The Morgan fingerprint density at radius 3 is 2.42 bits per heavy atom. The van der Waals surface area contributed by atoms with E-state index in [4.69, 9.17) is 5.73 Å². The number of primary amides is 1. The molecule has 7 nitrogen and oxygen atoms in total. The Kier molecular flexibility index (Phi) is 5.84. The second kappa shape index (κ2) is 9.04. The summed E-state index contributed by atoms with van der Waals surface area (Å²) in [6, 6.07) is 23.1. The predicted molar refractivity (Wildman–Crippen MR) is 118 cm³/mol. The molecule has 0 bridgehead atoms. The number of rotatable bonds is 7. The monoisotopic (exact) mass is 411 g/mol. The quantitative estimate of drug-likeness (QED) is 0.434. The summed E-state index contributed by atoms with van der Waals surface area (Å²) in [6.45, 7) is 0. The summed E-state index contributed by atoms with van der Waals surface area (Å²) >= 11 is 0. The summed E-state index contributed by atoms with van der Waals surface area (Å²) in [5.74, 6) is -0.982. The molecule has 4 rings (SSSR count). The Morgan fingerprint density at radius 2 is 1.68 bits per heavy atom. The van der Waals surface area contributed by atoms with Crippen molar-refractivity contribution >= 4 is 11.8 Å². The van der Waals surface area contributed by atoms with E-state index in [0.29, 0.717) is 23.2 Å². The van der Waals surface area contributed by atoms with Gasteiger partial charge in [-0.3, -0.25) is 19.7 Å². The van der Waals surface area contributed by atoms with E-state index in [1.165, 1.54) is 0 Å². The van der Waals surface area contributed by atoms with Crippen molar-refractivity contribution in [1.82, 2.24) is 20.5 Å². The van der Waals surface area contributed by atoms with Crippen LogP contribution in [0.2, 0.25) is 0 Å². The van der Waals surface area contributed by atoms with E-state index in [1.54, 1.807) is 18.3 Å². The SMILES string of the molecule is NC(=O)[C@H](Cc1ccccc1)NC(=O)c1ccccc1-c1cc(-c2ccccn2)[nH]n1. The topological polar surface area (TPSA) is 114 Å². The molecule has 154 valence electrons. The molecule has 31 heavy (non-hydrogen) atoms. The number of nitrogens with one attached hydrogen (secondary N) is 2. The molecular formula is C24H21N5O2. The van der Waals surface area contributed by atoms with Crippen LogP contribution in [0.5, 0.6) is 0 Å². The van der Waals surface area contributed by atoms with Crippen molar-refractivity contribution in [3.8, 4) is 22.6 Å². The lowest BCUT2D eigenvalue weighted by atomic mass is 10.0. The third-order valence-corrected chi connectivity index (χ3v) is 4.90. The van der Waals surface area contributed by atoms with Gasteiger partial charge in [-0.1, -0.05) is 54.6 Å². The van der Waals surface area contributed by atoms with E-state index >= 15 is 0 Å². The van der Waals surface area contributed by atoms with Gasteiger partial charge in [-0.25, -0.2) is 0 Å². The number of nitrogens with two attached hydrogens (primary N) is 1. The van der Waals surface area contributed by atoms with Crippen molar-refractivity contribution in [2.45, 2.75) is 12.5 Å². The fraction of sp³-hybridized carbons (Fsp3) is 0.0833. The van der Waals surface area contributed by atoms with Crippen LogP contribution in [0, 0.1) is 0 Å². The van der Waals surface area contributed by atoms with Crippen LogP contribution < -0.4 is 11.1 Å². The molecule has 0 aliphatic rings. The zero-order chi connectivity index (χ0) is 21.6. The van der Waals surface area contributed by atoms with Crippen LogP contribution in [0.3, 0.4) is 0 Å². The number of hydrogen-bond acceptors (Lipinski definition) is 4. The van der Waals surface area contributed by atoms with Gasteiger partial charge in [-0.05, 0) is 29.8 Å². The van der Waals surface area contributed by atoms with Crippen LogP contribution in [0.4, 0.5) is 0 Å². The minimum atomic E-state index is -0.828. The molecule has 2 aromatic heterocycles. The molecule has 0 aliphatic heterocycles. The Labute approximate surface area is 179 Å². The maximum atomic E-state index is 13.1. The summed E-state index contributed by atoms with van der Waals surface area (Å²) in [5, 5.41) is 10.1. The number of H-pyrrole nitrogens is 1. The highest BCUT2D eigenvalue weighted by molar-refractivity contribution is 6.02. The van der Waals surface area contributed by atoms with Crippen molar-refractivity contribution in [2.75, 3.05) is 0 Å². The number of amides is 2. The van der Waals surface area contributed by atoms with Gasteiger partial charge in [-0.2, -0.15) is 5.10 Å². The largest absolute Gasteiger partial charge is 0.368 e. The molecule has 2 aromatic carbocycles. The van der Waals surface area contributed by atoms with E-state index in [0.717, 1.165) is 17.0 Å². The normalized spacial score (nSPS) is 11.6. The van der Waals surface area contributed by atoms with Crippen LogP contribution in [0.15, 0.2) is 85.1 Å². The molecule has 0 aliphatic carbocycles. The van der Waals surface area contributed by atoms with Crippen LogP contribution in [-0.2, 0) is 11.2 Å². The molecule has 7 heteroatoms. The Bertz CT molecular complexity index is 1190. The predicted octanol–water partition coefficient (Wildman–Crippen LogP) is 2.97. The minimum Gasteiger partial charge on any atom is -0.368 e. The van der Waals surface area contributed by atoms with Crippen molar-refractivity contribution in [3.63, 3.8) is 0 Å². The van der Waals surface area contributed by atoms with Gasteiger partial charge in [0.1, 0.15) is 6.04 Å². The number of nitrogens with zero attached hydrogens (tertiary/aromatic N) is 2. The molecule has 2 amide bonds. The second-order valence-electron chi connectivity index (χ2n) is 7.05. The minimum absolute atomic E-state index is 0.316. The van der Waals surface area contributed by atoms with Gasteiger partial charge in [0.2, 0.25) is 5.91 Å². The van der Waals surface area contributed by atoms with E-state index < -0.39 is 17.9 Å². The van der Waals surface area contributed by atoms with Gasteiger partial charge in [0.05, 0.1) is 17.1 Å². The van der Waals surface area contributed by atoms with Gasteiger partial charge < -0.3 is 11.1 Å². The lowest BCUT2D eigenvalue weighted by molar-refractivity contribution is -0.119. The van der Waals surface area contributed by atoms with Gasteiger partial charge in [-0.15, -0.1) is 0 Å². The van der Waals surface area contributed by atoms with E-state index in [2.05, 4.69) is 20.5 Å². The highest BCUT2D eigenvalue weighted by Crippen LogP contribution is 2.25. The summed E-state index contributed by atoms with van der Waals surface area (Å²) in [5.41, 5.74) is 9.60. The Morgan fingerprint density at radius 1 is 0.935 bits per heavy atom. The number of aromatic amines is 1. The highest BCUT2D eigenvalue weighted by atomic mass is 16.2. The smallest absolute Gasteiger partial charge is 0.252 e. The van der Waals surface area contributed by atoms with E-state index in [9.17, 15) is 9.59 Å². The highest BCUT2D eigenvalue weighted by Gasteiger charge is 2.22. The lowest BCUT2D eigenvalue weighted by Crippen LogP contribution is -2.46. The van der Waals surface area contributed by atoms with Crippen LogP contribution in [-0.4, -0.2) is 33.0 Å². The standard InChI is InChI=1S/C24H21N5O2/c25-23(30)22(14-16-8-2-1-3-9-16)27-24(31)18-11-5-4-10-17(18)20-15-21(29-28-20)19-12-6-7-13-26-19/h1-13,15,22H,14H2,(H2,25,30)(H,27,31)(H,28,29)/t22-/m0/s1. The third kappa shape index (κ3) is 4.67. The third-order valence-electron chi connectivity index (χ3n) is 4.90. The molecular weight excluding hydrogens is 390 g/mol. The van der Waals surface area contributed by atoms with Crippen molar-refractivity contribution in [1.29, 1.82) is 0 Å². The molecule has 0 fully saturated rings. The summed E-state index contributed by atoms with van der Waals surface area (Å²) in [4.78, 5) is 29.3. The average molecular weight is 411 g/mol. The molecule has 2 heterocycles. The Hall–Kier alpha value is -4.26. The van der Waals surface area contributed by atoms with Crippen molar-refractivity contribution in [2.24, 2.45) is 5.73 Å². The zero-order valence-corrected chi connectivity index (χ0v) is 16.7. The van der Waals surface area contributed by atoms with Gasteiger partial charge in [0.25, 0.3) is 5.91 Å². The van der Waals surface area contributed by atoms with Gasteiger partial charge in [0.15, 0.2) is 0 Å². The average Bonchev–Trinajstić information content (AvgIpc) is 3.30. The van der Waals surface area contributed by atoms with Crippen LogP contribution in [0.25, 0.3) is 22.6 Å². The number of carbonyl (C=O) groups is 2. The molecule has 0 saturated carbocycles. The summed E-state index contributed by atoms with van der Waals surface area (Å²) in [6.07, 6.45) is 2.02.